The number of phenolic OH excluding ortho intramolecular Hbond substituents is 2. The monoisotopic (exact) mass is 377 g/mol. The first-order valence-electron chi connectivity index (χ1n) is 9.74. The van der Waals surface area contributed by atoms with E-state index in [4.69, 9.17) is 0 Å². The Kier molecular flexibility index (Phi) is 4.31. The van der Waals surface area contributed by atoms with Crippen molar-refractivity contribution in [1.29, 1.82) is 0 Å². The van der Waals surface area contributed by atoms with Crippen molar-refractivity contribution in [3.63, 3.8) is 0 Å². The van der Waals surface area contributed by atoms with Gasteiger partial charge in [0.1, 0.15) is 11.5 Å². The number of hydrogen-bond donors (Lipinski definition) is 3. The van der Waals surface area contributed by atoms with E-state index in [-0.39, 0.29) is 28.5 Å². The number of aromatic hydroxyl groups is 2. The van der Waals surface area contributed by atoms with Gasteiger partial charge in [-0.05, 0) is 87.7 Å². The number of hydrogen-bond acceptors (Lipinski definition) is 5. The number of benzene rings is 2. The summed E-state index contributed by atoms with van der Waals surface area (Å²) in [6, 6.07) is 12.6. The zero-order valence-electron chi connectivity index (χ0n) is 16.8. The first-order chi connectivity index (χ1) is 13.1. The van der Waals surface area contributed by atoms with Gasteiger partial charge < -0.3 is 15.5 Å². The summed E-state index contributed by atoms with van der Waals surface area (Å²) in [6.45, 7) is 8.92. The molecule has 2 heterocycles. The van der Waals surface area contributed by atoms with Crippen molar-refractivity contribution in [2.24, 2.45) is 0 Å². The summed E-state index contributed by atoms with van der Waals surface area (Å²) >= 11 is 0. The summed E-state index contributed by atoms with van der Waals surface area (Å²) in [5, 5.41) is 34.5. The Morgan fingerprint density at radius 3 is 2.39 bits per heavy atom. The molecular formula is C23H27N3O2. The summed E-state index contributed by atoms with van der Waals surface area (Å²) in [7, 11) is 0. The molecule has 4 rings (SSSR count). The second-order valence-corrected chi connectivity index (χ2v) is 9.07. The topological polar surface area (TPSA) is 78.3 Å². The highest BCUT2D eigenvalue weighted by Gasteiger charge is 2.41. The van der Waals surface area contributed by atoms with Crippen LogP contribution in [0.25, 0.3) is 22.0 Å². The standard InChI is InChI=1S/C23H27N3O2/c1-22(2)10-9-18(23(3,4)26-22)20-8-7-19(24-25-20)17-12-14-5-6-16(27)11-15(14)13-21(17)28/h5-8,11-13,18,26-28H,9-10H2,1-4H3. The normalized spacial score (nSPS) is 20.9. The van der Waals surface area contributed by atoms with E-state index in [9.17, 15) is 10.2 Å². The average Bonchev–Trinajstić information content (AvgIpc) is 2.60. The Labute approximate surface area is 165 Å². The molecule has 3 N–H and O–H groups in total. The summed E-state index contributed by atoms with van der Waals surface area (Å²) in [4.78, 5) is 0. The minimum atomic E-state index is -0.0644. The molecule has 1 aromatic heterocycles. The highest BCUT2D eigenvalue weighted by atomic mass is 16.3. The van der Waals surface area contributed by atoms with E-state index in [0.29, 0.717) is 11.3 Å². The molecule has 146 valence electrons. The summed E-state index contributed by atoms with van der Waals surface area (Å²) in [5.74, 6) is 0.590. The maximum Gasteiger partial charge on any atom is 0.125 e. The van der Waals surface area contributed by atoms with Crippen LogP contribution in [0.4, 0.5) is 0 Å². The molecule has 0 bridgehead atoms. The Balaban J connectivity index is 1.66. The van der Waals surface area contributed by atoms with Crippen molar-refractivity contribution < 1.29 is 10.2 Å². The molecule has 1 atom stereocenters. The number of fused-ring (bicyclic) bond motifs is 1. The van der Waals surface area contributed by atoms with Crippen LogP contribution in [0.15, 0.2) is 42.5 Å². The number of piperidine rings is 1. The molecule has 1 unspecified atom stereocenters. The fraction of sp³-hybridized carbons (Fsp3) is 0.391. The molecule has 0 saturated carbocycles. The lowest BCUT2D eigenvalue weighted by atomic mass is 9.73. The van der Waals surface area contributed by atoms with E-state index >= 15 is 0 Å². The van der Waals surface area contributed by atoms with Crippen LogP contribution in [-0.2, 0) is 0 Å². The van der Waals surface area contributed by atoms with Gasteiger partial charge in [-0.2, -0.15) is 10.2 Å². The first-order valence-corrected chi connectivity index (χ1v) is 9.74. The van der Waals surface area contributed by atoms with Gasteiger partial charge in [-0.1, -0.05) is 6.07 Å². The highest BCUT2D eigenvalue weighted by Crippen LogP contribution is 2.40. The van der Waals surface area contributed by atoms with E-state index in [0.717, 1.165) is 29.3 Å². The SMILES string of the molecule is CC1(C)CCC(c2ccc(-c3cc4ccc(O)cc4cc3O)nn2)C(C)(C)N1. The fourth-order valence-corrected chi connectivity index (χ4v) is 4.56. The molecular weight excluding hydrogens is 350 g/mol. The van der Waals surface area contributed by atoms with Crippen LogP contribution >= 0.6 is 0 Å². The number of rotatable bonds is 2. The number of aromatic nitrogens is 2. The number of nitrogens with one attached hydrogen (secondary N) is 1. The third kappa shape index (κ3) is 3.42. The highest BCUT2D eigenvalue weighted by molar-refractivity contribution is 5.90. The van der Waals surface area contributed by atoms with Gasteiger partial charge in [0.2, 0.25) is 0 Å². The van der Waals surface area contributed by atoms with Crippen molar-refractivity contribution >= 4 is 10.8 Å². The van der Waals surface area contributed by atoms with Crippen LogP contribution in [-0.4, -0.2) is 31.5 Å². The minimum absolute atomic E-state index is 0.0644. The minimum Gasteiger partial charge on any atom is -0.508 e. The predicted molar refractivity (Wildman–Crippen MR) is 112 cm³/mol. The molecule has 0 spiro atoms. The smallest absolute Gasteiger partial charge is 0.125 e. The molecule has 3 aromatic rings. The van der Waals surface area contributed by atoms with Gasteiger partial charge >= 0.3 is 0 Å². The lowest BCUT2D eigenvalue weighted by molar-refractivity contribution is 0.152. The van der Waals surface area contributed by atoms with Crippen molar-refractivity contribution in [2.45, 2.75) is 57.5 Å². The van der Waals surface area contributed by atoms with E-state index in [2.05, 4.69) is 43.2 Å². The molecule has 5 nitrogen and oxygen atoms in total. The summed E-state index contributed by atoms with van der Waals surface area (Å²) in [6.07, 6.45) is 2.15. The second-order valence-electron chi connectivity index (χ2n) is 9.07. The van der Waals surface area contributed by atoms with E-state index < -0.39 is 0 Å². The van der Waals surface area contributed by atoms with Crippen LogP contribution in [0.1, 0.15) is 52.1 Å². The van der Waals surface area contributed by atoms with Gasteiger partial charge in [-0.25, -0.2) is 0 Å². The Morgan fingerprint density at radius 1 is 0.929 bits per heavy atom. The number of phenols is 2. The molecule has 1 fully saturated rings. The molecule has 5 heteroatoms. The lowest BCUT2D eigenvalue weighted by Crippen LogP contribution is -2.58. The molecule has 28 heavy (non-hydrogen) atoms. The van der Waals surface area contributed by atoms with Crippen LogP contribution in [0.3, 0.4) is 0 Å². The molecule has 2 aromatic carbocycles. The molecule has 0 radical (unpaired) electrons. The van der Waals surface area contributed by atoms with E-state index in [1.807, 2.05) is 24.3 Å². The van der Waals surface area contributed by atoms with Gasteiger partial charge in [0.05, 0.1) is 11.4 Å². The second kappa shape index (κ2) is 6.45. The van der Waals surface area contributed by atoms with Gasteiger partial charge in [0, 0.05) is 22.6 Å². The van der Waals surface area contributed by atoms with Crippen LogP contribution in [0.5, 0.6) is 11.5 Å². The van der Waals surface area contributed by atoms with Crippen molar-refractivity contribution in [2.75, 3.05) is 0 Å². The number of nitrogens with zero attached hydrogens (tertiary/aromatic N) is 2. The molecule has 0 amide bonds. The average molecular weight is 377 g/mol. The predicted octanol–water partition coefficient (Wildman–Crippen LogP) is 4.73. The van der Waals surface area contributed by atoms with Gasteiger partial charge in [0.15, 0.2) is 0 Å². The molecule has 1 aliphatic rings. The van der Waals surface area contributed by atoms with Gasteiger partial charge in [-0.3, -0.25) is 0 Å². The quantitative estimate of drug-likeness (QED) is 0.602. The lowest BCUT2D eigenvalue weighted by Gasteiger charge is -2.47. The zero-order chi connectivity index (χ0) is 20.1. The van der Waals surface area contributed by atoms with E-state index in [1.165, 1.54) is 0 Å². The molecule has 1 aliphatic heterocycles. The van der Waals surface area contributed by atoms with E-state index in [1.54, 1.807) is 18.2 Å². The maximum atomic E-state index is 10.5. The molecule has 1 saturated heterocycles. The summed E-state index contributed by atoms with van der Waals surface area (Å²) < 4.78 is 0. The van der Waals surface area contributed by atoms with Crippen LogP contribution in [0.2, 0.25) is 0 Å². The molecule has 0 aliphatic carbocycles. The van der Waals surface area contributed by atoms with Crippen LogP contribution in [0, 0.1) is 0 Å². The Bertz CT molecular complexity index is 1030. The maximum absolute atomic E-state index is 10.5. The van der Waals surface area contributed by atoms with Crippen molar-refractivity contribution in [1.82, 2.24) is 15.5 Å². The van der Waals surface area contributed by atoms with Crippen molar-refractivity contribution in [3.8, 4) is 22.8 Å². The zero-order valence-corrected chi connectivity index (χ0v) is 16.8. The third-order valence-electron chi connectivity index (χ3n) is 5.85. The summed E-state index contributed by atoms with van der Waals surface area (Å²) in [5.41, 5.74) is 2.31. The fourth-order valence-electron chi connectivity index (χ4n) is 4.56. The van der Waals surface area contributed by atoms with Crippen molar-refractivity contribution in [3.05, 3.63) is 48.2 Å². The van der Waals surface area contributed by atoms with Crippen LogP contribution < -0.4 is 5.32 Å². The Morgan fingerprint density at radius 2 is 1.71 bits per heavy atom. The van der Waals surface area contributed by atoms with Gasteiger partial charge in [0.25, 0.3) is 0 Å². The first kappa shape index (κ1) is 18.7. The Hall–Kier alpha value is -2.66. The largest absolute Gasteiger partial charge is 0.508 e. The third-order valence-corrected chi connectivity index (χ3v) is 5.85. The van der Waals surface area contributed by atoms with Gasteiger partial charge in [-0.15, -0.1) is 0 Å².